The van der Waals surface area contributed by atoms with Crippen LogP contribution in [0.15, 0.2) is 42.5 Å². The van der Waals surface area contributed by atoms with Crippen molar-refractivity contribution in [1.29, 1.82) is 0 Å². The Bertz CT molecular complexity index is 676. The molecule has 118 valence electrons. The maximum Gasteiger partial charge on any atom is 0.573 e. The molecule has 0 aliphatic carbocycles. The van der Waals surface area contributed by atoms with Gasteiger partial charge in [-0.1, -0.05) is 18.2 Å². The minimum atomic E-state index is -5.10. The van der Waals surface area contributed by atoms with E-state index in [9.17, 15) is 31.4 Å². The highest BCUT2D eigenvalue weighted by atomic mass is 19.4. The van der Waals surface area contributed by atoms with Crippen molar-refractivity contribution < 1.29 is 36.2 Å². The molecule has 8 heteroatoms. The highest BCUT2D eigenvalue weighted by molar-refractivity contribution is 5.74. The molecule has 0 atom stereocenters. The topological polar surface area (TPSA) is 29.5 Å². The van der Waals surface area contributed by atoms with Gasteiger partial charge in [0.1, 0.15) is 11.5 Å². The Kier molecular flexibility index (Phi) is 3.95. The van der Waals surface area contributed by atoms with Crippen LogP contribution >= 0.6 is 0 Å². The standard InChI is InChI=1S/C14H8F6O2/c15-13(16,17)11-4-2-1-3-9(11)10-6-5-8(21)7-12(10)22-14(18,19)20/h1-7,21H. The number of benzene rings is 2. The van der Waals surface area contributed by atoms with Crippen molar-refractivity contribution in [3.05, 3.63) is 48.0 Å². The van der Waals surface area contributed by atoms with Crippen LogP contribution in [-0.2, 0) is 6.18 Å². The number of ether oxygens (including phenoxy) is 1. The van der Waals surface area contributed by atoms with Crippen LogP contribution in [0.1, 0.15) is 5.56 Å². The van der Waals surface area contributed by atoms with E-state index < -0.39 is 40.7 Å². The van der Waals surface area contributed by atoms with Crippen LogP contribution in [0, 0.1) is 0 Å². The summed E-state index contributed by atoms with van der Waals surface area (Å²) in [6.07, 6.45) is -9.85. The van der Waals surface area contributed by atoms with Crippen LogP contribution in [0.3, 0.4) is 0 Å². The Morgan fingerprint density at radius 1 is 0.818 bits per heavy atom. The average molecular weight is 322 g/mol. The number of hydrogen-bond acceptors (Lipinski definition) is 2. The van der Waals surface area contributed by atoms with Crippen molar-refractivity contribution in [2.24, 2.45) is 0 Å². The van der Waals surface area contributed by atoms with E-state index in [2.05, 4.69) is 4.74 Å². The zero-order valence-corrected chi connectivity index (χ0v) is 10.7. The Labute approximate surface area is 120 Å². The minimum absolute atomic E-state index is 0.428. The molecule has 0 amide bonds. The number of phenolic OH excluding ortho intramolecular Hbond substituents is 1. The summed E-state index contributed by atoms with van der Waals surface area (Å²) in [4.78, 5) is 0. The summed E-state index contributed by atoms with van der Waals surface area (Å²) < 4.78 is 79.8. The summed E-state index contributed by atoms with van der Waals surface area (Å²) in [6, 6.07) is 6.67. The van der Waals surface area contributed by atoms with Gasteiger partial charge in [0, 0.05) is 11.6 Å². The maximum absolute atomic E-state index is 13.0. The molecule has 0 aromatic heterocycles. The minimum Gasteiger partial charge on any atom is -0.508 e. The molecule has 2 rings (SSSR count). The first-order chi connectivity index (χ1) is 10.1. The van der Waals surface area contributed by atoms with Crippen molar-refractivity contribution in [1.82, 2.24) is 0 Å². The lowest BCUT2D eigenvalue weighted by Gasteiger charge is -2.17. The van der Waals surface area contributed by atoms with Crippen LogP contribution in [0.2, 0.25) is 0 Å². The molecule has 2 nitrogen and oxygen atoms in total. The second-order valence-corrected chi connectivity index (χ2v) is 4.27. The van der Waals surface area contributed by atoms with E-state index in [0.29, 0.717) is 6.07 Å². The van der Waals surface area contributed by atoms with Crippen LogP contribution in [0.5, 0.6) is 11.5 Å². The van der Waals surface area contributed by atoms with Crippen molar-refractivity contribution in [3.63, 3.8) is 0 Å². The van der Waals surface area contributed by atoms with E-state index in [1.807, 2.05) is 0 Å². The Hall–Kier alpha value is -2.38. The summed E-state index contributed by atoms with van der Waals surface area (Å²) in [6.45, 7) is 0. The van der Waals surface area contributed by atoms with E-state index in [-0.39, 0.29) is 0 Å². The SMILES string of the molecule is Oc1ccc(-c2ccccc2C(F)(F)F)c(OC(F)(F)F)c1. The second-order valence-electron chi connectivity index (χ2n) is 4.27. The summed E-state index contributed by atoms with van der Waals surface area (Å²) in [5.74, 6) is -1.48. The first-order valence-electron chi connectivity index (χ1n) is 5.83. The van der Waals surface area contributed by atoms with Crippen molar-refractivity contribution >= 4 is 0 Å². The lowest BCUT2D eigenvalue weighted by Crippen LogP contribution is -2.18. The van der Waals surface area contributed by atoms with Gasteiger partial charge in [-0.2, -0.15) is 13.2 Å². The molecule has 0 spiro atoms. The molecule has 0 aliphatic rings. The zero-order valence-electron chi connectivity index (χ0n) is 10.7. The molecule has 0 bridgehead atoms. The molecule has 0 radical (unpaired) electrons. The summed E-state index contributed by atoms with van der Waals surface area (Å²) in [5, 5.41) is 9.24. The van der Waals surface area contributed by atoms with Crippen molar-refractivity contribution in [3.8, 4) is 22.6 Å². The Morgan fingerprint density at radius 2 is 1.45 bits per heavy atom. The third-order valence-corrected chi connectivity index (χ3v) is 2.71. The number of alkyl halides is 6. The van der Waals surface area contributed by atoms with E-state index >= 15 is 0 Å². The number of hydrogen-bond donors (Lipinski definition) is 1. The average Bonchev–Trinajstić information content (AvgIpc) is 2.36. The quantitative estimate of drug-likeness (QED) is 0.791. The number of aromatic hydroxyl groups is 1. The van der Waals surface area contributed by atoms with Gasteiger partial charge >= 0.3 is 12.5 Å². The number of phenols is 1. The molecule has 0 saturated carbocycles. The Balaban J connectivity index is 2.64. The first-order valence-corrected chi connectivity index (χ1v) is 5.83. The van der Waals surface area contributed by atoms with E-state index in [0.717, 1.165) is 30.3 Å². The fourth-order valence-electron chi connectivity index (χ4n) is 1.91. The highest BCUT2D eigenvalue weighted by Gasteiger charge is 2.36. The molecule has 0 aliphatic heterocycles. The molecular weight excluding hydrogens is 314 g/mol. The van der Waals surface area contributed by atoms with Crippen LogP contribution in [0.25, 0.3) is 11.1 Å². The maximum atomic E-state index is 13.0. The fraction of sp³-hybridized carbons (Fsp3) is 0.143. The number of rotatable bonds is 2. The molecule has 0 fully saturated rings. The van der Waals surface area contributed by atoms with Gasteiger partial charge in [-0.3, -0.25) is 0 Å². The lowest BCUT2D eigenvalue weighted by molar-refractivity contribution is -0.274. The predicted molar refractivity (Wildman–Crippen MR) is 65.2 cm³/mol. The van der Waals surface area contributed by atoms with Crippen LogP contribution in [0.4, 0.5) is 26.3 Å². The molecule has 1 N–H and O–H groups in total. The van der Waals surface area contributed by atoms with Gasteiger partial charge in [0.2, 0.25) is 0 Å². The van der Waals surface area contributed by atoms with Gasteiger partial charge in [-0.15, -0.1) is 13.2 Å². The van der Waals surface area contributed by atoms with E-state index in [4.69, 9.17) is 0 Å². The molecule has 2 aromatic rings. The van der Waals surface area contributed by atoms with Crippen LogP contribution < -0.4 is 4.74 Å². The van der Waals surface area contributed by atoms with Gasteiger partial charge in [-0.25, -0.2) is 0 Å². The monoisotopic (exact) mass is 322 g/mol. The third-order valence-electron chi connectivity index (χ3n) is 2.71. The normalized spacial score (nSPS) is 12.3. The molecule has 0 saturated heterocycles. The van der Waals surface area contributed by atoms with Gasteiger partial charge in [0.25, 0.3) is 0 Å². The van der Waals surface area contributed by atoms with Gasteiger partial charge < -0.3 is 9.84 Å². The summed E-state index contributed by atoms with van der Waals surface area (Å²) in [7, 11) is 0. The molecule has 22 heavy (non-hydrogen) atoms. The molecule has 2 aromatic carbocycles. The first kappa shape index (κ1) is 16.0. The molecule has 0 heterocycles. The van der Waals surface area contributed by atoms with Gasteiger partial charge in [0.05, 0.1) is 5.56 Å². The lowest BCUT2D eigenvalue weighted by atomic mass is 9.98. The fourth-order valence-corrected chi connectivity index (χ4v) is 1.91. The van der Waals surface area contributed by atoms with Crippen molar-refractivity contribution in [2.75, 3.05) is 0 Å². The molecule has 0 unspecified atom stereocenters. The number of halogens is 6. The molecular formula is C14H8F6O2. The highest BCUT2D eigenvalue weighted by Crippen LogP contribution is 2.42. The Morgan fingerprint density at radius 3 is 2.05 bits per heavy atom. The van der Waals surface area contributed by atoms with Crippen LogP contribution in [-0.4, -0.2) is 11.5 Å². The zero-order chi connectivity index (χ0) is 16.5. The van der Waals surface area contributed by atoms with Gasteiger partial charge in [-0.05, 0) is 23.8 Å². The second kappa shape index (κ2) is 5.43. The smallest absolute Gasteiger partial charge is 0.508 e. The largest absolute Gasteiger partial charge is 0.573 e. The van der Waals surface area contributed by atoms with Gasteiger partial charge in [0.15, 0.2) is 0 Å². The van der Waals surface area contributed by atoms with E-state index in [1.165, 1.54) is 6.07 Å². The third kappa shape index (κ3) is 3.63. The van der Waals surface area contributed by atoms with Crippen molar-refractivity contribution in [2.45, 2.75) is 12.5 Å². The summed E-state index contributed by atoms with van der Waals surface area (Å²) in [5.41, 5.74) is -2.01. The van der Waals surface area contributed by atoms with E-state index in [1.54, 1.807) is 0 Å². The summed E-state index contributed by atoms with van der Waals surface area (Å²) >= 11 is 0. The predicted octanol–water partition coefficient (Wildman–Crippen LogP) is 4.98.